The summed E-state index contributed by atoms with van der Waals surface area (Å²) < 4.78 is 1.97. The van der Waals surface area contributed by atoms with Gasteiger partial charge < -0.3 is 5.32 Å². The van der Waals surface area contributed by atoms with E-state index in [1.54, 1.807) is 0 Å². The lowest BCUT2D eigenvalue weighted by atomic mass is 10.1. The van der Waals surface area contributed by atoms with E-state index in [9.17, 15) is 0 Å². The maximum Gasteiger partial charge on any atom is 0.0559 e. The quantitative estimate of drug-likeness (QED) is 0.698. The monoisotopic (exact) mass is 209 g/mol. The summed E-state index contributed by atoms with van der Waals surface area (Å²) in [5, 5.41) is 7.70. The van der Waals surface area contributed by atoms with Gasteiger partial charge in [0.25, 0.3) is 0 Å². The Labute approximate surface area is 92.9 Å². The number of hydrogen-bond donors (Lipinski definition) is 1. The highest BCUT2D eigenvalue weighted by molar-refractivity contribution is 4.78. The average molecular weight is 209 g/mol. The van der Waals surface area contributed by atoms with E-state index in [0.717, 1.165) is 19.0 Å². The van der Waals surface area contributed by atoms with Crippen molar-refractivity contribution in [2.45, 2.75) is 46.2 Å². The minimum absolute atomic E-state index is 0.497. The molecule has 1 N–H and O–H groups in total. The van der Waals surface area contributed by atoms with Crippen LogP contribution in [0.5, 0.6) is 0 Å². The van der Waals surface area contributed by atoms with Gasteiger partial charge in [-0.15, -0.1) is 0 Å². The Morgan fingerprint density at radius 2 is 2.13 bits per heavy atom. The van der Waals surface area contributed by atoms with Gasteiger partial charge in [-0.1, -0.05) is 13.8 Å². The van der Waals surface area contributed by atoms with Crippen molar-refractivity contribution in [3.8, 4) is 0 Å². The van der Waals surface area contributed by atoms with Gasteiger partial charge in [0.2, 0.25) is 0 Å². The molecule has 1 atom stereocenters. The van der Waals surface area contributed by atoms with Gasteiger partial charge in [-0.25, -0.2) is 0 Å². The summed E-state index contributed by atoms with van der Waals surface area (Å²) >= 11 is 0. The lowest BCUT2D eigenvalue weighted by Crippen LogP contribution is -2.31. The van der Waals surface area contributed by atoms with Crippen LogP contribution in [0.1, 0.15) is 33.6 Å². The Bertz CT molecular complexity index is 241. The van der Waals surface area contributed by atoms with Gasteiger partial charge in [0.15, 0.2) is 0 Å². The van der Waals surface area contributed by atoms with E-state index < -0.39 is 0 Å². The Morgan fingerprint density at radius 3 is 2.73 bits per heavy atom. The Morgan fingerprint density at radius 1 is 1.33 bits per heavy atom. The van der Waals surface area contributed by atoms with Crippen molar-refractivity contribution in [1.82, 2.24) is 15.1 Å². The summed E-state index contributed by atoms with van der Waals surface area (Å²) in [6.07, 6.45) is 6.40. The highest BCUT2D eigenvalue weighted by Crippen LogP contribution is 2.02. The molecule has 1 rings (SSSR count). The molecule has 1 heterocycles. The smallest absolute Gasteiger partial charge is 0.0559 e. The van der Waals surface area contributed by atoms with Crippen molar-refractivity contribution >= 4 is 0 Å². The summed E-state index contributed by atoms with van der Waals surface area (Å²) in [5.41, 5.74) is 0. The largest absolute Gasteiger partial charge is 0.312 e. The predicted molar refractivity (Wildman–Crippen MR) is 63.8 cm³/mol. The van der Waals surface area contributed by atoms with Crippen molar-refractivity contribution < 1.29 is 0 Å². The normalized spacial score (nSPS) is 13.3. The third-order valence-corrected chi connectivity index (χ3v) is 2.47. The molecule has 1 aromatic heterocycles. The molecule has 0 aliphatic heterocycles. The summed E-state index contributed by atoms with van der Waals surface area (Å²) in [6.45, 7) is 8.81. The summed E-state index contributed by atoms with van der Waals surface area (Å²) in [4.78, 5) is 0. The molecule has 0 saturated carbocycles. The zero-order chi connectivity index (χ0) is 11.1. The van der Waals surface area contributed by atoms with E-state index >= 15 is 0 Å². The van der Waals surface area contributed by atoms with Crippen LogP contribution in [0.2, 0.25) is 0 Å². The van der Waals surface area contributed by atoms with Gasteiger partial charge in [-0.3, -0.25) is 4.68 Å². The molecule has 1 aromatic rings. The van der Waals surface area contributed by atoms with E-state index in [1.165, 1.54) is 12.8 Å². The van der Waals surface area contributed by atoms with Gasteiger partial charge in [0, 0.05) is 18.4 Å². The molecule has 15 heavy (non-hydrogen) atoms. The van der Waals surface area contributed by atoms with Crippen molar-refractivity contribution in [2.24, 2.45) is 5.92 Å². The zero-order valence-corrected chi connectivity index (χ0v) is 10.1. The van der Waals surface area contributed by atoms with E-state index in [0.29, 0.717) is 6.04 Å². The fourth-order valence-electron chi connectivity index (χ4n) is 1.61. The van der Waals surface area contributed by atoms with Crippen LogP contribution in [-0.4, -0.2) is 22.4 Å². The first kappa shape index (κ1) is 12.2. The number of aromatic nitrogens is 2. The molecule has 0 spiro atoms. The number of nitrogens with zero attached hydrogens (tertiary/aromatic N) is 2. The van der Waals surface area contributed by atoms with Crippen LogP contribution >= 0.6 is 0 Å². The second-order valence-electron chi connectivity index (χ2n) is 4.62. The Hall–Kier alpha value is -0.830. The first-order valence-corrected chi connectivity index (χ1v) is 5.89. The third kappa shape index (κ3) is 5.57. The standard InChI is InChI=1S/C12H23N3/c1-11(2)6-4-7-13-12(3)10-15-9-5-8-14-15/h5,8-9,11-13H,4,6-7,10H2,1-3H3. The highest BCUT2D eigenvalue weighted by atomic mass is 15.3. The Kier molecular flexibility index (Phi) is 5.40. The van der Waals surface area contributed by atoms with Gasteiger partial charge in [0.1, 0.15) is 0 Å². The average Bonchev–Trinajstić information content (AvgIpc) is 2.64. The van der Waals surface area contributed by atoms with Gasteiger partial charge >= 0.3 is 0 Å². The molecule has 0 radical (unpaired) electrons. The van der Waals surface area contributed by atoms with Crippen LogP contribution in [0.25, 0.3) is 0 Å². The van der Waals surface area contributed by atoms with Crippen molar-refractivity contribution in [3.63, 3.8) is 0 Å². The molecular weight excluding hydrogens is 186 g/mol. The van der Waals surface area contributed by atoms with Crippen molar-refractivity contribution in [3.05, 3.63) is 18.5 Å². The molecule has 0 amide bonds. The second kappa shape index (κ2) is 6.62. The van der Waals surface area contributed by atoms with Crippen LogP contribution in [0.15, 0.2) is 18.5 Å². The fourth-order valence-corrected chi connectivity index (χ4v) is 1.61. The predicted octanol–water partition coefficient (Wildman–Crippen LogP) is 2.30. The minimum atomic E-state index is 0.497. The molecule has 3 heteroatoms. The lowest BCUT2D eigenvalue weighted by Gasteiger charge is -2.14. The molecule has 3 nitrogen and oxygen atoms in total. The summed E-state index contributed by atoms with van der Waals surface area (Å²) in [5.74, 6) is 0.813. The second-order valence-corrected chi connectivity index (χ2v) is 4.62. The van der Waals surface area contributed by atoms with Crippen molar-refractivity contribution in [1.29, 1.82) is 0 Å². The maximum absolute atomic E-state index is 4.19. The lowest BCUT2D eigenvalue weighted by molar-refractivity contribution is 0.433. The maximum atomic E-state index is 4.19. The van der Waals surface area contributed by atoms with E-state index in [-0.39, 0.29) is 0 Å². The minimum Gasteiger partial charge on any atom is -0.312 e. The highest BCUT2D eigenvalue weighted by Gasteiger charge is 2.02. The first-order valence-electron chi connectivity index (χ1n) is 5.89. The van der Waals surface area contributed by atoms with Crippen molar-refractivity contribution in [2.75, 3.05) is 6.54 Å². The van der Waals surface area contributed by atoms with Gasteiger partial charge in [0.05, 0.1) is 6.54 Å². The Balaban J connectivity index is 2.06. The molecular formula is C12H23N3. The molecule has 0 aliphatic carbocycles. The molecule has 0 bridgehead atoms. The number of rotatable bonds is 7. The van der Waals surface area contributed by atoms with E-state index in [4.69, 9.17) is 0 Å². The van der Waals surface area contributed by atoms with Crippen LogP contribution in [0.3, 0.4) is 0 Å². The van der Waals surface area contributed by atoms with Gasteiger partial charge in [-0.2, -0.15) is 5.10 Å². The topological polar surface area (TPSA) is 29.9 Å². The zero-order valence-electron chi connectivity index (χ0n) is 10.1. The third-order valence-electron chi connectivity index (χ3n) is 2.47. The molecule has 0 aliphatic rings. The molecule has 0 saturated heterocycles. The molecule has 0 fully saturated rings. The van der Waals surface area contributed by atoms with Crippen LogP contribution in [0, 0.1) is 5.92 Å². The molecule has 0 aromatic carbocycles. The van der Waals surface area contributed by atoms with Crippen LogP contribution < -0.4 is 5.32 Å². The van der Waals surface area contributed by atoms with Crippen LogP contribution in [0.4, 0.5) is 0 Å². The first-order chi connectivity index (χ1) is 7.18. The summed E-state index contributed by atoms with van der Waals surface area (Å²) in [6, 6.07) is 2.46. The van der Waals surface area contributed by atoms with E-state index in [2.05, 4.69) is 31.2 Å². The van der Waals surface area contributed by atoms with Gasteiger partial charge in [-0.05, 0) is 38.3 Å². The SMILES string of the molecule is CC(C)CCCNC(C)Cn1cccn1. The van der Waals surface area contributed by atoms with Crippen LogP contribution in [-0.2, 0) is 6.54 Å². The number of hydrogen-bond acceptors (Lipinski definition) is 2. The summed E-state index contributed by atoms with van der Waals surface area (Å²) in [7, 11) is 0. The number of nitrogens with one attached hydrogen (secondary N) is 1. The fraction of sp³-hybridized carbons (Fsp3) is 0.750. The van der Waals surface area contributed by atoms with E-state index in [1.807, 2.05) is 23.1 Å². The molecule has 86 valence electrons. The molecule has 1 unspecified atom stereocenters.